The predicted octanol–water partition coefficient (Wildman–Crippen LogP) is 3.58. The zero-order chi connectivity index (χ0) is 19.1. The van der Waals surface area contributed by atoms with Crippen molar-refractivity contribution in [2.24, 2.45) is 0 Å². The largest absolute Gasteiger partial charge is 0.464 e. The first kappa shape index (κ1) is 17.4. The number of hydrogen-bond donors (Lipinski definition) is 1. The number of benzene rings is 1. The van der Waals surface area contributed by atoms with Crippen LogP contribution in [-0.2, 0) is 13.0 Å². The van der Waals surface area contributed by atoms with Crippen LogP contribution < -0.4 is 4.74 Å². The Labute approximate surface area is 155 Å². The Kier molecular flexibility index (Phi) is 4.27. The Bertz CT molecular complexity index is 1050. The summed E-state index contributed by atoms with van der Waals surface area (Å²) in [5, 5.41) is 9.51. The number of nitrogens with zero attached hydrogens (tertiary/aromatic N) is 4. The number of fused-ring (bicyclic) bond motifs is 2. The van der Waals surface area contributed by atoms with Gasteiger partial charge in [0.2, 0.25) is 5.88 Å². The van der Waals surface area contributed by atoms with Crippen LogP contribution in [0.3, 0.4) is 0 Å². The van der Waals surface area contributed by atoms with E-state index in [4.69, 9.17) is 4.74 Å². The summed E-state index contributed by atoms with van der Waals surface area (Å²) in [4.78, 5) is 22.2. The molecule has 27 heavy (non-hydrogen) atoms. The van der Waals surface area contributed by atoms with E-state index in [9.17, 15) is 14.3 Å². The molecule has 2 aromatic heterocycles. The van der Waals surface area contributed by atoms with Gasteiger partial charge in [-0.05, 0) is 38.1 Å². The number of hydrogen-bond acceptors (Lipinski definition) is 5. The fraction of sp³-hybridized carbons (Fsp3) is 0.316. The first-order chi connectivity index (χ1) is 13.0. The van der Waals surface area contributed by atoms with Gasteiger partial charge in [0.25, 0.3) is 0 Å². The summed E-state index contributed by atoms with van der Waals surface area (Å²) >= 11 is 0. The van der Waals surface area contributed by atoms with Crippen LogP contribution in [0.25, 0.3) is 10.9 Å². The summed E-state index contributed by atoms with van der Waals surface area (Å²) in [5.74, 6) is -0.235. The molecule has 1 aromatic carbocycles. The van der Waals surface area contributed by atoms with E-state index >= 15 is 0 Å². The molecule has 8 heteroatoms. The SMILES string of the molecule is CCN1CCc2c(ncnc2Oc2ccc3c(cc(C)n3C(=O)O)c2F)C1. The molecule has 7 nitrogen and oxygen atoms in total. The Balaban J connectivity index is 1.73. The molecule has 0 fully saturated rings. The highest BCUT2D eigenvalue weighted by molar-refractivity contribution is 5.91. The summed E-state index contributed by atoms with van der Waals surface area (Å²) in [5.41, 5.74) is 2.50. The number of likely N-dealkylation sites (N-methyl/N-ethyl adjacent to an activating group) is 1. The highest BCUT2D eigenvalue weighted by Gasteiger charge is 2.23. The Morgan fingerprint density at radius 1 is 1.37 bits per heavy atom. The van der Waals surface area contributed by atoms with Crippen molar-refractivity contribution in [2.75, 3.05) is 13.1 Å². The molecule has 0 atom stereocenters. The maximum absolute atomic E-state index is 15.0. The second-order valence-electron chi connectivity index (χ2n) is 6.54. The fourth-order valence-electron chi connectivity index (χ4n) is 3.53. The molecule has 0 radical (unpaired) electrons. The maximum atomic E-state index is 15.0. The van der Waals surface area contributed by atoms with E-state index in [0.717, 1.165) is 35.3 Å². The molecule has 0 amide bonds. The molecule has 1 aliphatic heterocycles. The van der Waals surface area contributed by atoms with Crippen molar-refractivity contribution in [3.8, 4) is 11.6 Å². The van der Waals surface area contributed by atoms with Crippen molar-refractivity contribution in [3.63, 3.8) is 0 Å². The number of halogens is 1. The van der Waals surface area contributed by atoms with Crippen LogP contribution in [0, 0.1) is 12.7 Å². The third kappa shape index (κ3) is 2.91. The van der Waals surface area contributed by atoms with Gasteiger partial charge in [-0.3, -0.25) is 4.90 Å². The van der Waals surface area contributed by atoms with Crippen molar-refractivity contribution in [1.82, 2.24) is 19.4 Å². The van der Waals surface area contributed by atoms with Crippen molar-refractivity contribution in [3.05, 3.63) is 47.3 Å². The second kappa shape index (κ2) is 6.62. The second-order valence-corrected chi connectivity index (χ2v) is 6.54. The van der Waals surface area contributed by atoms with Crippen LogP contribution in [0.5, 0.6) is 11.6 Å². The van der Waals surface area contributed by atoms with E-state index in [-0.39, 0.29) is 16.7 Å². The molecule has 0 spiro atoms. The van der Waals surface area contributed by atoms with Crippen LogP contribution in [0.2, 0.25) is 0 Å². The average molecular weight is 370 g/mol. The highest BCUT2D eigenvalue weighted by Crippen LogP contribution is 2.33. The van der Waals surface area contributed by atoms with Crippen LogP contribution in [-0.4, -0.2) is 43.7 Å². The van der Waals surface area contributed by atoms with Gasteiger partial charge in [0.15, 0.2) is 11.6 Å². The van der Waals surface area contributed by atoms with Crippen molar-refractivity contribution in [1.29, 1.82) is 0 Å². The minimum absolute atomic E-state index is 0.0175. The summed E-state index contributed by atoms with van der Waals surface area (Å²) in [6.45, 7) is 6.24. The van der Waals surface area contributed by atoms with Crippen molar-refractivity contribution in [2.45, 2.75) is 26.8 Å². The molecule has 4 rings (SSSR count). The van der Waals surface area contributed by atoms with E-state index in [1.54, 1.807) is 13.0 Å². The van der Waals surface area contributed by atoms with Gasteiger partial charge < -0.3 is 9.84 Å². The lowest BCUT2D eigenvalue weighted by molar-refractivity contribution is 0.197. The lowest BCUT2D eigenvalue weighted by Gasteiger charge is -2.27. The zero-order valence-electron chi connectivity index (χ0n) is 15.1. The summed E-state index contributed by atoms with van der Waals surface area (Å²) in [6.07, 6.45) is 1.01. The number of carboxylic acid groups (broad SMARTS) is 1. The molecule has 0 saturated heterocycles. The molecule has 140 valence electrons. The molecule has 0 unspecified atom stereocenters. The van der Waals surface area contributed by atoms with Crippen LogP contribution in [0.4, 0.5) is 9.18 Å². The number of rotatable bonds is 3. The van der Waals surface area contributed by atoms with Gasteiger partial charge in [0.1, 0.15) is 6.33 Å². The standard InChI is InChI=1S/C19H19FN4O3/c1-3-23-7-6-12-14(9-23)21-10-22-18(12)27-16-5-4-15-13(17(16)20)8-11(2)24(15)19(25)26/h4-5,8,10H,3,6-7,9H2,1-2H3,(H,25,26). The first-order valence-electron chi connectivity index (χ1n) is 8.76. The van der Waals surface area contributed by atoms with E-state index in [1.165, 1.54) is 18.5 Å². The highest BCUT2D eigenvalue weighted by atomic mass is 19.1. The lowest BCUT2D eigenvalue weighted by atomic mass is 10.1. The zero-order valence-corrected chi connectivity index (χ0v) is 15.1. The Morgan fingerprint density at radius 3 is 2.93 bits per heavy atom. The number of aromatic nitrogens is 3. The summed E-state index contributed by atoms with van der Waals surface area (Å²) < 4.78 is 21.8. The minimum atomic E-state index is -1.15. The molecule has 0 bridgehead atoms. The van der Waals surface area contributed by atoms with E-state index in [1.807, 2.05) is 0 Å². The van der Waals surface area contributed by atoms with Gasteiger partial charge in [-0.2, -0.15) is 0 Å². The van der Waals surface area contributed by atoms with Crippen molar-refractivity contribution < 1.29 is 19.0 Å². The molecule has 1 aliphatic rings. The van der Waals surface area contributed by atoms with Gasteiger partial charge >= 0.3 is 6.09 Å². The van der Waals surface area contributed by atoms with Crippen LogP contribution in [0.1, 0.15) is 23.9 Å². The average Bonchev–Trinajstić information content (AvgIpc) is 3.00. The molecule has 0 saturated carbocycles. The molecular formula is C19H19FN4O3. The van der Waals surface area contributed by atoms with Gasteiger partial charge in [0, 0.05) is 29.7 Å². The molecule has 3 aromatic rings. The van der Waals surface area contributed by atoms with E-state index in [2.05, 4.69) is 21.8 Å². The lowest BCUT2D eigenvalue weighted by Crippen LogP contribution is -2.31. The van der Waals surface area contributed by atoms with Gasteiger partial charge in [-0.25, -0.2) is 23.7 Å². The van der Waals surface area contributed by atoms with Crippen LogP contribution in [0.15, 0.2) is 24.5 Å². The monoisotopic (exact) mass is 370 g/mol. The topological polar surface area (TPSA) is 80.5 Å². The Hall–Kier alpha value is -3.00. The van der Waals surface area contributed by atoms with E-state index in [0.29, 0.717) is 18.1 Å². The predicted molar refractivity (Wildman–Crippen MR) is 96.8 cm³/mol. The quantitative estimate of drug-likeness (QED) is 0.759. The fourth-order valence-corrected chi connectivity index (χ4v) is 3.53. The number of aryl methyl sites for hydroxylation is 1. The van der Waals surface area contributed by atoms with Crippen molar-refractivity contribution >= 4 is 17.0 Å². The minimum Gasteiger partial charge on any atom is -0.464 e. The first-order valence-corrected chi connectivity index (χ1v) is 8.76. The van der Waals surface area contributed by atoms with Gasteiger partial charge in [-0.15, -0.1) is 0 Å². The number of ether oxygens (including phenoxy) is 1. The Morgan fingerprint density at radius 2 is 2.19 bits per heavy atom. The van der Waals surface area contributed by atoms with Crippen LogP contribution >= 0.6 is 0 Å². The molecule has 3 heterocycles. The van der Waals surface area contributed by atoms with E-state index < -0.39 is 11.9 Å². The molecule has 1 N–H and O–H groups in total. The summed E-state index contributed by atoms with van der Waals surface area (Å²) in [6, 6.07) is 4.48. The smallest absolute Gasteiger partial charge is 0.416 e. The molecular weight excluding hydrogens is 351 g/mol. The molecule has 0 aliphatic carbocycles. The summed E-state index contributed by atoms with van der Waals surface area (Å²) in [7, 11) is 0. The van der Waals surface area contributed by atoms with Gasteiger partial charge in [0.05, 0.1) is 11.2 Å². The number of carbonyl (C=O) groups is 1. The normalized spacial score (nSPS) is 14.3. The third-order valence-corrected chi connectivity index (χ3v) is 4.96. The maximum Gasteiger partial charge on any atom is 0.416 e. The van der Waals surface area contributed by atoms with Gasteiger partial charge in [-0.1, -0.05) is 6.92 Å². The third-order valence-electron chi connectivity index (χ3n) is 4.96.